The summed E-state index contributed by atoms with van der Waals surface area (Å²) in [5, 5.41) is 15.1. The second-order valence-electron chi connectivity index (χ2n) is 6.86. The Balaban J connectivity index is 1.47. The van der Waals surface area contributed by atoms with Crippen LogP contribution >= 0.6 is 0 Å². The van der Waals surface area contributed by atoms with Crippen LogP contribution < -0.4 is 26.4 Å². The van der Waals surface area contributed by atoms with E-state index in [9.17, 15) is 14.4 Å². The fourth-order valence-corrected chi connectivity index (χ4v) is 3.29. The maximum Gasteiger partial charge on any atom is 0.325 e. The molecular formula is C19H17N7O4. The number of nitrogens with one attached hydrogen (secondary N) is 3. The van der Waals surface area contributed by atoms with Crippen molar-refractivity contribution in [2.75, 3.05) is 24.6 Å². The lowest BCUT2D eigenvalue weighted by Crippen LogP contribution is -2.29. The molecular weight excluding hydrogens is 390 g/mol. The van der Waals surface area contributed by atoms with Crippen molar-refractivity contribution in [2.24, 2.45) is 5.92 Å². The van der Waals surface area contributed by atoms with Crippen molar-refractivity contribution in [2.45, 2.75) is 6.42 Å². The number of rotatable bonds is 5. The number of anilines is 1. The second kappa shape index (κ2) is 8.04. The molecule has 1 aliphatic heterocycles. The van der Waals surface area contributed by atoms with Gasteiger partial charge < -0.3 is 14.6 Å². The summed E-state index contributed by atoms with van der Waals surface area (Å²) >= 11 is 0. The zero-order chi connectivity index (χ0) is 21.1. The number of hydrogen-bond acceptors (Lipinski definition) is 8. The van der Waals surface area contributed by atoms with E-state index in [-0.39, 0.29) is 22.7 Å². The zero-order valence-corrected chi connectivity index (χ0v) is 15.7. The van der Waals surface area contributed by atoms with E-state index in [0.717, 1.165) is 6.42 Å². The summed E-state index contributed by atoms with van der Waals surface area (Å²) in [6.45, 7) is 1.65. The highest BCUT2D eigenvalue weighted by atomic mass is 16.5. The number of nitrogens with zero attached hydrogens (tertiary/aromatic N) is 4. The molecule has 0 bridgehead atoms. The van der Waals surface area contributed by atoms with Gasteiger partial charge in [-0.1, -0.05) is 0 Å². The molecule has 1 unspecified atom stereocenters. The van der Waals surface area contributed by atoms with Gasteiger partial charge in [-0.25, -0.2) is 14.9 Å². The molecule has 0 radical (unpaired) electrons. The normalized spacial score (nSPS) is 15.7. The molecule has 0 aliphatic carbocycles. The Kier molecular flexibility index (Phi) is 5.13. The molecule has 1 atom stereocenters. The molecule has 4 heterocycles. The Hall–Kier alpha value is -4.20. The molecule has 0 aromatic carbocycles. The molecule has 4 rings (SSSR count). The van der Waals surface area contributed by atoms with Crippen LogP contribution in [0.2, 0.25) is 0 Å². The molecule has 3 aromatic rings. The minimum absolute atomic E-state index is 0.151. The number of aromatic nitrogens is 5. The van der Waals surface area contributed by atoms with Crippen molar-refractivity contribution in [1.82, 2.24) is 25.1 Å². The van der Waals surface area contributed by atoms with E-state index < -0.39 is 11.2 Å². The number of pyridine rings is 1. The third-order valence-corrected chi connectivity index (χ3v) is 4.84. The lowest BCUT2D eigenvalue weighted by atomic mass is 10.1. The predicted octanol–water partition coefficient (Wildman–Crippen LogP) is -0.0145. The van der Waals surface area contributed by atoms with Gasteiger partial charge in [0.1, 0.15) is 11.8 Å². The average molecular weight is 407 g/mol. The van der Waals surface area contributed by atoms with E-state index in [1.54, 1.807) is 12.1 Å². The first kappa shape index (κ1) is 19.1. The van der Waals surface area contributed by atoms with Crippen molar-refractivity contribution < 1.29 is 4.74 Å². The first-order chi connectivity index (χ1) is 14.5. The Morgan fingerprint density at radius 1 is 1.27 bits per heavy atom. The fraction of sp³-hybridized carbons (Fsp3) is 0.263. The third kappa shape index (κ3) is 3.97. The first-order valence-corrected chi connectivity index (χ1v) is 9.19. The van der Waals surface area contributed by atoms with Crippen LogP contribution in [-0.2, 0) is 0 Å². The summed E-state index contributed by atoms with van der Waals surface area (Å²) in [5.41, 5.74) is -0.316. The highest BCUT2D eigenvalue weighted by molar-refractivity contribution is 5.62. The molecule has 30 heavy (non-hydrogen) atoms. The molecule has 1 saturated heterocycles. The molecule has 11 heteroatoms. The van der Waals surface area contributed by atoms with Crippen molar-refractivity contribution in [3.05, 3.63) is 67.3 Å². The molecule has 0 amide bonds. The van der Waals surface area contributed by atoms with Crippen LogP contribution in [-0.4, -0.2) is 44.8 Å². The Morgan fingerprint density at radius 3 is 2.87 bits per heavy atom. The number of H-pyrrole nitrogens is 3. The quantitative estimate of drug-likeness (QED) is 0.532. The number of aromatic amines is 3. The van der Waals surface area contributed by atoms with Crippen LogP contribution in [0.25, 0.3) is 11.3 Å². The van der Waals surface area contributed by atoms with E-state index >= 15 is 0 Å². The monoisotopic (exact) mass is 407 g/mol. The Labute approximate surface area is 169 Å². The summed E-state index contributed by atoms with van der Waals surface area (Å²) in [6.07, 6.45) is 3.52. The van der Waals surface area contributed by atoms with Crippen LogP contribution in [0.1, 0.15) is 12.0 Å². The smallest absolute Gasteiger partial charge is 0.325 e. The minimum Gasteiger partial charge on any atom is -0.477 e. The van der Waals surface area contributed by atoms with Gasteiger partial charge in [-0.15, -0.1) is 0 Å². The van der Waals surface area contributed by atoms with Gasteiger partial charge in [0.2, 0.25) is 5.88 Å². The van der Waals surface area contributed by atoms with Gasteiger partial charge in [0.05, 0.1) is 23.4 Å². The van der Waals surface area contributed by atoms with Gasteiger partial charge in [-0.2, -0.15) is 10.4 Å². The van der Waals surface area contributed by atoms with Gasteiger partial charge in [-0.3, -0.25) is 14.6 Å². The first-order valence-electron chi connectivity index (χ1n) is 9.19. The van der Waals surface area contributed by atoms with E-state index in [1.165, 1.54) is 18.5 Å². The van der Waals surface area contributed by atoms with Gasteiger partial charge >= 0.3 is 5.69 Å². The minimum atomic E-state index is -0.618. The number of ether oxygens (including phenoxy) is 1. The summed E-state index contributed by atoms with van der Waals surface area (Å²) in [7, 11) is 0. The maximum absolute atomic E-state index is 12.3. The number of hydrogen-bond donors (Lipinski definition) is 3. The topological polar surface area (TPSA) is 161 Å². The Bertz CT molecular complexity index is 1270. The Morgan fingerprint density at radius 2 is 2.13 bits per heavy atom. The molecule has 0 saturated carbocycles. The predicted molar refractivity (Wildman–Crippen MR) is 106 cm³/mol. The molecule has 152 valence electrons. The summed E-state index contributed by atoms with van der Waals surface area (Å²) < 4.78 is 5.70. The van der Waals surface area contributed by atoms with E-state index in [1.807, 2.05) is 11.0 Å². The van der Waals surface area contributed by atoms with E-state index in [2.05, 4.69) is 25.1 Å². The van der Waals surface area contributed by atoms with Crippen molar-refractivity contribution in [3.8, 4) is 23.2 Å². The van der Waals surface area contributed by atoms with Gasteiger partial charge in [0.25, 0.3) is 11.1 Å². The highest BCUT2D eigenvalue weighted by Gasteiger charge is 2.26. The van der Waals surface area contributed by atoms with Crippen LogP contribution in [0.5, 0.6) is 5.88 Å². The third-order valence-electron chi connectivity index (χ3n) is 4.84. The second-order valence-corrected chi connectivity index (χ2v) is 6.86. The molecule has 3 aromatic heterocycles. The summed E-state index contributed by atoms with van der Waals surface area (Å²) in [4.78, 5) is 46.0. The van der Waals surface area contributed by atoms with E-state index in [4.69, 9.17) is 10.00 Å². The average Bonchev–Trinajstić information content (AvgIpc) is 3.22. The fourth-order valence-electron chi connectivity index (χ4n) is 3.29. The maximum atomic E-state index is 12.3. The van der Waals surface area contributed by atoms with Crippen LogP contribution in [0.15, 0.2) is 45.0 Å². The largest absolute Gasteiger partial charge is 0.477 e. The van der Waals surface area contributed by atoms with Crippen molar-refractivity contribution >= 4 is 5.69 Å². The molecule has 0 spiro atoms. The van der Waals surface area contributed by atoms with Crippen LogP contribution in [0, 0.1) is 17.2 Å². The highest BCUT2D eigenvalue weighted by Crippen LogP contribution is 2.23. The van der Waals surface area contributed by atoms with Crippen LogP contribution in [0.4, 0.5) is 5.69 Å². The molecule has 1 aliphatic rings. The number of nitriles is 1. The van der Waals surface area contributed by atoms with Gasteiger partial charge in [-0.05, 0) is 18.6 Å². The molecule has 3 N–H and O–H groups in total. The van der Waals surface area contributed by atoms with Gasteiger partial charge in [0.15, 0.2) is 0 Å². The summed E-state index contributed by atoms with van der Waals surface area (Å²) in [5.74, 6) is 0.615. The van der Waals surface area contributed by atoms with Crippen molar-refractivity contribution in [1.29, 1.82) is 5.26 Å². The van der Waals surface area contributed by atoms with Gasteiger partial charge in [0, 0.05) is 37.5 Å². The summed E-state index contributed by atoms with van der Waals surface area (Å²) in [6, 6.07) is 6.82. The van der Waals surface area contributed by atoms with E-state index in [0.29, 0.717) is 36.8 Å². The van der Waals surface area contributed by atoms with Crippen molar-refractivity contribution in [3.63, 3.8) is 0 Å². The lowest BCUT2D eigenvalue weighted by Gasteiger charge is -2.18. The zero-order valence-electron chi connectivity index (χ0n) is 15.7. The standard InChI is InChI=1S/C19H17N7O4/c20-6-11-1-2-16(21-7-11)30-10-12-3-4-26(9-12)15-5-14(24-25-18(15)28)13-8-22-19(29)23-17(13)27/h1-2,5,7-8,12H,3-4,9-10H2,(H,25,28)(H2,22,23,27,29). The van der Waals surface area contributed by atoms with Crippen LogP contribution in [0.3, 0.4) is 0 Å². The molecule has 11 nitrogen and oxygen atoms in total. The lowest BCUT2D eigenvalue weighted by molar-refractivity contribution is 0.252. The SMILES string of the molecule is N#Cc1ccc(OCC2CCN(c3cc(-c4c[nH]c(=O)[nH]c4=O)n[nH]c3=O)C2)nc1. The molecule has 1 fully saturated rings.